The Bertz CT molecular complexity index is 1010. The Morgan fingerprint density at radius 2 is 1.80 bits per heavy atom. The quantitative estimate of drug-likeness (QED) is 0.519. The molecule has 25 heavy (non-hydrogen) atoms. The van der Waals surface area contributed by atoms with Crippen molar-refractivity contribution in [3.63, 3.8) is 0 Å². The molecule has 1 heterocycles. The predicted molar refractivity (Wildman–Crippen MR) is 97.3 cm³/mol. The molecule has 5 heteroatoms. The molecule has 124 valence electrons. The maximum absolute atomic E-state index is 13.7. The lowest BCUT2D eigenvalue weighted by Gasteiger charge is -2.11. The highest BCUT2D eigenvalue weighted by Gasteiger charge is 2.13. The fourth-order valence-electron chi connectivity index (χ4n) is 2.66. The van der Waals surface area contributed by atoms with Gasteiger partial charge in [0.1, 0.15) is 24.0 Å². The minimum absolute atomic E-state index is 0.246. The van der Waals surface area contributed by atoms with Gasteiger partial charge in [0, 0.05) is 16.7 Å². The van der Waals surface area contributed by atoms with Gasteiger partial charge in [0.15, 0.2) is 0 Å². The third-order valence-electron chi connectivity index (χ3n) is 3.93. The number of hydrogen-bond acceptors (Lipinski definition) is 2. The number of ether oxygens (including phenoxy) is 1. The summed E-state index contributed by atoms with van der Waals surface area (Å²) >= 11 is 6.16. The van der Waals surface area contributed by atoms with Crippen molar-refractivity contribution in [1.82, 2.24) is 9.97 Å². The summed E-state index contributed by atoms with van der Waals surface area (Å²) in [5.41, 5.74) is 3.30. The van der Waals surface area contributed by atoms with Gasteiger partial charge >= 0.3 is 0 Å². The molecule has 0 spiro atoms. The molecule has 0 atom stereocenters. The van der Waals surface area contributed by atoms with Gasteiger partial charge in [-0.1, -0.05) is 41.9 Å². The van der Waals surface area contributed by atoms with E-state index in [1.54, 1.807) is 12.1 Å². The average molecular weight is 353 g/mol. The lowest BCUT2D eigenvalue weighted by atomic mass is 10.2. The van der Waals surface area contributed by atoms with Gasteiger partial charge in [-0.05, 0) is 30.3 Å². The van der Waals surface area contributed by atoms with Crippen molar-refractivity contribution >= 4 is 22.6 Å². The molecule has 0 amide bonds. The van der Waals surface area contributed by atoms with Crippen molar-refractivity contribution in [3.05, 3.63) is 83.1 Å². The van der Waals surface area contributed by atoms with Crippen LogP contribution in [0.5, 0.6) is 5.75 Å². The molecule has 3 aromatic carbocycles. The number of para-hydroxylation sites is 2. The average Bonchev–Trinajstić information content (AvgIpc) is 3.05. The first-order chi connectivity index (χ1) is 12.2. The summed E-state index contributed by atoms with van der Waals surface area (Å²) in [6, 6.07) is 19.6. The maximum Gasteiger partial charge on any atom is 0.142 e. The Labute approximate surface area is 149 Å². The second-order valence-corrected chi connectivity index (χ2v) is 6.03. The first-order valence-corrected chi connectivity index (χ1v) is 8.19. The number of fused-ring (bicyclic) bond motifs is 1. The molecule has 4 rings (SSSR count). The molecule has 1 aromatic heterocycles. The van der Waals surface area contributed by atoms with E-state index in [-0.39, 0.29) is 12.4 Å². The molecule has 0 unspecified atom stereocenters. The maximum atomic E-state index is 13.7. The highest BCUT2D eigenvalue weighted by atomic mass is 35.5. The summed E-state index contributed by atoms with van der Waals surface area (Å²) < 4.78 is 19.6. The first-order valence-electron chi connectivity index (χ1n) is 7.81. The Kier molecular flexibility index (Phi) is 4.12. The van der Waals surface area contributed by atoms with Crippen molar-refractivity contribution in [3.8, 4) is 17.1 Å². The molecule has 0 aliphatic rings. The highest BCUT2D eigenvalue weighted by molar-refractivity contribution is 6.31. The molecule has 3 nitrogen and oxygen atoms in total. The zero-order valence-electron chi connectivity index (χ0n) is 13.2. The summed E-state index contributed by atoms with van der Waals surface area (Å²) in [5.74, 6) is 0.684. The molecule has 4 aromatic rings. The van der Waals surface area contributed by atoms with Crippen molar-refractivity contribution in [2.24, 2.45) is 0 Å². The van der Waals surface area contributed by atoms with Crippen LogP contribution in [0.2, 0.25) is 5.02 Å². The lowest BCUT2D eigenvalue weighted by Crippen LogP contribution is -1.99. The minimum atomic E-state index is -0.367. The fourth-order valence-corrected chi connectivity index (χ4v) is 2.85. The van der Waals surface area contributed by atoms with Crippen molar-refractivity contribution in [2.45, 2.75) is 6.61 Å². The van der Waals surface area contributed by atoms with Gasteiger partial charge in [-0.25, -0.2) is 9.37 Å². The van der Waals surface area contributed by atoms with Gasteiger partial charge < -0.3 is 9.72 Å². The highest BCUT2D eigenvalue weighted by Crippen LogP contribution is 2.31. The van der Waals surface area contributed by atoms with E-state index in [4.69, 9.17) is 16.3 Å². The van der Waals surface area contributed by atoms with E-state index >= 15 is 0 Å². The molecule has 0 radical (unpaired) electrons. The number of hydrogen-bond donors (Lipinski definition) is 1. The number of nitrogens with zero attached hydrogens (tertiary/aromatic N) is 1. The van der Waals surface area contributed by atoms with E-state index in [1.807, 2.05) is 42.5 Å². The van der Waals surface area contributed by atoms with Crippen LogP contribution in [0, 0.1) is 5.82 Å². The molecular weight excluding hydrogens is 339 g/mol. The number of nitrogens with one attached hydrogen (secondary N) is 1. The van der Waals surface area contributed by atoms with Crippen LogP contribution in [0.15, 0.2) is 66.7 Å². The lowest BCUT2D eigenvalue weighted by molar-refractivity contribution is 0.306. The Hall–Kier alpha value is -2.85. The van der Waals surface area contributed by atoms with Crippen molar-refractivity contribution in [1.29, 1.82) is 0 Å². The number of aromatic nitrogens is 2. The van der Waals surface area contributed by atoms with E-state index in [9.17, 15) is 4.39 Å². The smallest absolute Gasteiger partial charge is 0.142 e. The van der Waals surface area contributed by atoms with Crippen molar-refractivity contribution < 1.29 is 9.13 Å². The first kappa shape index (κ1) is 15.7. The summed E-state index contributed by atoms with van der Waals surface area (Å²) in [6.45, 7) is 0.246. The van der Waals surface area contributed by atoms with E-state index in [1.165, 1.54) is 12.1 Å². The van der Waals surface area contributed by atoms with E-state index in [2.05, 4.69) is 9.97 Å². The van der Waals surface area contributed by atoms with Crippen LogP contribution in [0.3, 0.4) is 0 Å². The van der Waals surface area contributed by atoms with Crippen LogP contribution in [0.1, 0.15) is 5.56 Å². The summed E-state index contributed by atoms with van der Waals surface area (Å²) in [6.07, 6.45) is 0. The number of rotatable bonds is 4. The molecule has 0 aliphatic heterocycles. The molecule has 0 saturated heterocycles. The summed E-state index contributed by atoms with van der Waals surface area (Å²) in [4.78, 5) is 7.80. The summed E-state index contributed by atoms with van der Waals surface area (Å²) in [5, 5.41) is 0.615. The SMILES string of the molecule is Fc1ccc(-c2nc3ccccc3[nH]2)c(OCc2ccccc2Cl)c1. The van der Waals surface area contributed by atoms with Crippen LogP contribution < -0.4 is 4.74 Å². The van der Waals surface area contributed by atoms with Gasteiger partial charge in [0.05, 0.1) is 16.6 Å². The van der Waals surface area contributed by atoms with Gasteiger partial charge in [-0.15, -0.1) is 0 Å². The van der Waals surface area contributed by atoms with Crippen LogP contribution in [0.25, 0.3) is 22.4 Å². The van der Waals surface area contributed by atoms with Crippen LogP contribution >= 0.6 is 11.6 Å². The number of imidazole rings is 1. The Balaban J connectivity index is 1.70. The fraction of sp³-hybridized carbons (Fsp3) is 0.0500. The normalized spacial score (nSPS) is 11.0. The largest absolute Gasteiger partial charge is 0.488 e. The number of H-pyrrole nitrogens is 1. The van der Waals surface area contributed by atoms with Crippen molar-refractivity contribution in [2.75, 3.05) is 0 Å². The van der Waals surface area contributed by atoms with E-state index in [0.29, 0.717) is 22.2 Å². The van der Waals surface area contributed by atoms with E-state index < -0.39 is 0 Å². The molecule has 0 aliphatic carbocycles. The second-order valence-electron chi connectivity index (χ2n) is 5.62. The van der Waals surface area contributed by atoms with Gasteiger partial charge in [0.2, 0.25) is 0 Å². The molecule has 0 bridgehead atoms. The van der Waals surface area contributed by atoms with E-state index in [0.717, 1.165) is 16.6 Å². The zero-order chi connectivity index (χ0) is 17.2. The molecule has 1 N–H and O–H groups in total. The van der Waals surface area contributed by atoms with Gasteiger partial charge in [-0.3, -0.25) is 0 Å². The monoisotopic (exact) mass is 352 g/mol. The number of benzene rings is 3. The molecular formula is C20H14ClFN2O. The van der Waals surface area contributed by atoms with Gasteiger partial charge in [0.25, 0.3) is 0 Å². The summed E-state index contributed by atoms with van der Waals surface area (Å²) in [7, 11) is 0. The predicted octanol–water partition coefficient (Wildman–Crippen LogP) is 5.60. The third kappa shape index (κ3) is 3.21. The second kappa shape index (κ2) is 6.57. The molecule has 0 fully saturated rings. The van der Waals surface area contributed by atoms with Crippen LogP contribution in [-0.2, 0) is 6.61 Å². The molecule has 0 saturated carbocycles. The Morgan fingerprint density at radius 3 is 2.64 bits per heavy atom. The minimum Gasteiger partial charge on any atom is -0.488 e. The number of halogens is 2. The topological polar surface area (TPSA) is 37.9 Å². The van der Waals surface area contributed by atoms with Gasteiger partial charge in [-0.2, -0.15) is 0 Å². The van der Waals surface area contributed by atoms with Crippen LogP contribution in [0.4, 0.5) is 4.39 Å². The Morgan fingerprint density at radius 1 is 1.00 bits per heavy atom. The number of aromatic amines is 1. The standard InChI is InChI=1S/C20H14ClFN2O/c21-16-6-2-1-5-13(16)12-25-19-11-14(22)9-10-15(19)20-23-17-7-3-4-8-18(17)24-20/h1-11H,12H2,(H,23,24). The zero-order valence-corrected chi connectivity index (χ0v) is 13.9. The third-order valence-corrected chi connectivity index (χ3v) is 4.30. The van der Waals surface area contributed by atoms with Crippen LogP contribution in [-0.4, -0.2) is 9.97 Å².